The van der Waals surface area contributed by atoms with E-state index >= 15 is 0 Å². The minimum Gasteiger partial charge on any atom is -0.339 e. The molecule has 0 radical (unpaired) electrons. The van der Waals surface area contributed by atoms with Crippen LogP contribution in [0.1, 0.15) is 32.1 Å². The minimum absolute atomic E-state index is 0.115. The molecular formula is C15H18N4OS. The Morgan fingerprint density at radius 2 is 2.24 bits per heavy atom. The van der Waals surface area contributed by atoms with Gasteiger partial charge in [-0.25, -0.2) is 0 Å². The number of thiophene rings is 1. The summed E-state index contributed by atoms with van der Waals surface area (Å²) in [6.45, 7) is 4.84. The molecule has 6 heteroatoms. The highest BCUT2D eigenvalue weighted by molar-refractivity contribution is 7.17. The van der Waals surface area contributed by atoms with Crippen molar-refractivity contribution < 1.29 is 4.52 Å². The fourth-order valence-corrected chi connectivity index (χ4v) is 3.13. The van der Waals surface area contributed by atoms with Crippen molar-refractivity contribution in [2.75, 3.05) is 6.54 Å². The van der Waals surface area contributed by atoms with E-state index in [0.29, 0.717) is 24.2 Å². The third-order valence-corrected chi connectivity index (χ3v) is 4.25. The quantitative estimate of drug-likeness (QED) is 0.781. The second kappa shape index (κ2) is 5.91. The number of nitrogens with two attached hydrogens (primary N) is 1. The van der Waals surface area contributed by atoms with Crippen molar-refractivity contribution in [1.29, 1.82) is 0 Å². The van der Waals surface area contributed by atoms with Crippen LogP contribution in [0.25, 0.3) is 21.6 Å². The molecule has 0 aliphatic rings. The zero-order valence-corrected chi connectivity index (χ0v) is 12.9. The van der Waals surface area contributed by atoms with Crippen LogP contribution in [0.15, 0.2) is 28.2 Å². The van der Waals surface area contributed by atoms with Crippen LogP contribution in [-0.2, 0) is 0 Å². The lowest BCUT2D eigenvalue weighted by Gasteiger charge is -2.11. The number of pyridine rings is 1. The van der Waals surface area contributed by atoms with E-state index in [0.717, 1.165) is 22.2 Å². The maximum atomic E-state index is 5.82. The van der Waals surface area contributed by atoms with Gasteiger partial charge in [0.25, 0.3) is 0 Å². The number of rotatable bonds is 5. The van der Waals surface area contributed by atoms with Gasteiger partial charge in [-0.1, -0.05) is 19.0 Å². The molecule has 3 aromatic rings. The third-order valence-electron chi connectivity index (χ3n) is 3.39. The highest BCUT2D eigenvalue weighted by Crippen LogP contribution is 2.27. The molecule has 0 spiro atoms. The molecule has 2 N–H and O–H groups in total. The molecule has 0 aromatic carbocycles. The highest BCUT2D eigenvalue weighted by Gasteiger charge is 2.19. The topological polar surface area (TPSA) is 77.8 Å². The van der Waals surface area contributed by atoms with E-state index in [4.69, 9.17) is 10.3 Å². The lowest BCUT2D eigenvalue weighted by Crippen LogP contribution is -2.15. The van der Waals surface area contributed by atoms with Gasteiger partial charge in [0.05, 0.1) is 16.1 Å². The van der Waals surface area contributed by atoms with Crippen LogP contribution in [0.3, 0.4) is 0 Å². The Bertz CT molecular complexity index is 734. The predicted octanol–water partition coefficient (Wildman–Crippen LogP) is 3.43. The normalized spacial score (nSPS) is 13.1. The molecule has 21 heavy (non-hydrogen) atoms. The van der Waals surface area contributed by atoms with Gasteiger partial charge < -0.3 is 10.3 Å². The number of aromatic nitrogens is 3. The molecule has 3 rings (SSSR count). The van der Waals surface area contributed by atoms with Crippen molar-refractivity contribution in [3.05, 3.63) is 29.6 Å². The number of nitrogens with zero attached hydrogens (tertiary/aromatic N) is 3. The van der Waals surface area contributed by atoms with Crippen LogP contribution in [0, 0.1) is 5.92 Å². The molecule has 1 atom stereocenters. The maximum absolute atomic E-state index is 5.82. The molecule has 3 aromatic heterocycles. The lowest BCUT2D eigenvalue weighted by atomic mass is 9.97. The summed E-state index contributed by atoms with van der Waals surface area (Å²) in [6, 6.07) is 4.04. The Hall–Kier alpha value is -1.79. The van der Waals surface area contributed by atoms with E-state index in [9.17, 15) is 0 Å². The van der Waals surface area contributed by atoms with Crippen molar-refractivity contribution in [2.45, 2.75) is 26.2 Å². The van der Waals surface area contributed by atoms with Crippen LogP contribution in [0.2, 0.25) is 0 Å². The molecule has 0 aliphatic heterocycles. The first-order chi connectivity index (χ1) is 10.2. The average molecular weight is 302 g/mol. The van der Waals surface area contributed by atoms with E-state index in [1.807, 2.05) is 17.5 Å². The van der Waals surface area contributed by atoms with E-state index in [2.05, 4.69) is 29.0 Å². The Morgan fingerprint density at radius 3 is 3.00 bits per heavy atom. The van der Waals surface area contributed by atoms with Gasteiger partial charge in [0.15, 0.2) is 0 Å². The maximum Gasteiger partial charge on any atom is 0.231 e. The van der Waals surface area contributed by atoms with Crippen molar-refractivity contribution >= 4 is 21.6 Å². The second-order valence-electron chi connectivity index (χ2n) is 5.55. The zero-order chi connectivity index (χ0) is 14.8. The summed E-state index contributed by atoms with van der Waals surface area (Å²) in [7, 11) is 0. The third kappa shape index (κ3) is 2.96. The SMILES string of the molecule is CC(C)CC(CN)c1nc(-c2cnc3ccsc3c2)no1. The zero-order valence-electron chi connectivity index (χ0n) is 12.1. The first-order valence-corrected chi connectivity index (χ1v) is 7.92. The fraction of sp³-hybridized carbons (Fsp3) is 0.400. The Labute approximate surface area is 127 Å². The summed E-state index contributed by atoms with van der Waals surface area (Å²) in [4.78, 5) is 8.91. The van der Waals surface area contributed by atoms with Crippen molar-refractivity contribution in [2.24, 2.45) is 11.7 Å². The Balaban J connectivity index is 1.89. The molecular weight excluding hydrogens is 284 g/mol. The van der Waals surface area contributed by atoms with E-state index in [1.165, 1.54) is 0 Å². The molecule has 0 aliphatic carbocycles. The smallest absolute Gasteiger partial charge is 0.231 e. The number of hydrogen-bond donors (Lipinski definition) is 1. The van der Waals surface area contributed by atoms with Crippen molar-refractivity contribution in [3.8, 4) is 11.4 Å². The van der Waals surface area contributed by atoms with Gasteiger partial charge in [-0.2, -0.15) is 4.98 Å². The minimum atomic E-state index is 0.115. The molecule has 3 heterocycles. The molecule has 0 bridgehead atoms. The van der Waals surface area contributed by atoms with Crippen LogP contribution in [0.4, 0.5) is 0 Å². The molecule has 0 saturated heterocycles. The van der Waals surface area contributed by atoms with E-state index in [1.54, 1.807) is 17.5 Å². The molecule has 1 unspecified atom stereocenters. The molecule has 110 valence electrons. The van der Waals surface area contributed by atoms with Crippen LogP contribution in [0.5, 0.6) is 0 Å². The summed E-state index contributed by atoms with van der Waals surface area (Å²) < 4.78 is 6.52. The lowest BCUT2D eigenvalue weighted by molar-refractivity contribution is 0.335. The van der Waals surface area contributed by atoms with Gasteiger partial charge in [-0.05, 0) is 29.9 Å². The van der Waals surface area contributed by atoms with Gasteiger partial charge in [0.2, 0.25) is 11.7 Å². The van der Waals surface area contributed by atoms with Gasteiger partial charge in [0.1, 0.15) is 0 Å². The van der Waals surface area contributed by atoms with Gasteiger partial charge in [-0.3, -0.25) is 4.98 Å². The molecule has 0 amide bonds. The largest absolute Gasteiger partial charge is 0.339 e. The van der Waals surface area contributed by atoms with Crippen molar-refractivity contribution in [3.63, 3.8) is 0 Å². The van der Waals surface area contributed by atoms with E-state index < -0.39 is 0 Å². The highest BCUT2D eigenvalue weighted by atomic mass is 32.1. The molecule has 5 nitrogen and oxygen atoms in total. The second-order valence-corrected chi connectivity index (χ2v) is 6.49. The summed E-state index contributed by atoms with van der Waals surface area (Å²) >= 11 is 1.65. The van der Waals surface area contributed by atoms with Gasteiger partial charge in [0, 0.05) is 18.3 Å². The predicted molar refractivity (Wildman–Crippen MR) is 84.2 cm³/mol. The number of hydrogen-bond acceptors (Lipinski definition) is 6. The standard InChI is InChI=1S/C15H18N4OS/c1-9(2)5-10(7-16)15-18-14(19-20-15)11-6-13-12(17-8-11)3-4-21-13/h3-4,6,8-10H,5,7,16H2,1-2H3. The monoisotopic (exact) mass is 302 g/mol. The Morgan fingerprint density at radius 1 is 1.38 bits per heavy atom. The summed E-state index contributed by atoms with van der Waals surface area (Å²) in [5, 5.41) is 6.10. The van der Waals surface area contributed by atoms with Crippen LogP contribution >= 0.6 is 11.3 Å². The Kier molecular flexibility index (Phi) is 3.98. The average Bonchev–Trinajstić information content (AvgIpc) is 3.12. The molecule has 0 saturated carbocycles. The summed E-state index contributed by atoms with van der Waals surface area (Å²) in [5.41, 5.74) is 7.69. The first kappa shape index (κ1) is 14.2. The van der Waals surface area contributed by atoms with Gasteiger partial charge >= 0.3 is 0 Å². The van der Waals surface area contributed by atoms with Crippen LogP contribution < -0.4 is 5.73 Å². The first-order valence-electron chi connectivity index (χ1n) is 7.04. The van der Waals surface area contributed by atoms with Crippen LogP contribution in [-0.4, -0.2) is 21.7 Å². The summed E-state index contributed by atoms with van der Waals surface area (Å²) in [5.74, 6) is 1.85. The molecule has 0 fully saturated rings. The summed E-state index contributed by atoms with van der Waals surface area (Å²) in [6.07, 6.45) is 2.73. The van der Waals surface area contributed by atoms with Gasteiger partial charge in [-0.15, -0.1) is 11.3 Å². The number of fused-ring (bicyclic) bond motifs is 1. The van der Waals surface area contributed by atoms with E-state index in [-0.39, 0.29) is 5.92 Å². The fourth-order valence-electron chi connectivity index (χ4n) is 2.35. The van der Waals surface area contributed by atoms with Crippen molar-refractivity contribution in [1.82, 2.24) is 15.1 Å².